The minimum absolute atomic E-state index is 0.201. The fourth-order valence-corrected chi connectivity index (χ4v) is 5.21. The molecule has 1 saturated heterocycles. The van der Waals surface area contributed by atoms with Gasteiger partial charge in [0.25, 0.3) is 5.56 Å². The molecule has 0 bridgehead atoms. The van der Waals surface area contributed by atoms with Crippen LogP contribution in [-0.2, 0) is 31.6 Å². The fraction of sp³-hybridized carbons (Fsp3) is 0.500. The van der Waals surface area contributed by atoms with Gasteiger partial charge >= 0.3 is 29.2 Å². The van der Waals surface area contributed by atoms with Crippen molar-refractivity contribution < 1.29 is 64.1 Å². The van der Waals surface area contributed by atoms with Gasteiger partial charge in [0.15, 0.2) is 6.23 Å². The van der Waals surface area contributed by atoms with Gasteiger partial charge in [-0.2, -0.15) is 18.4 Å². The Balaban J connectivity index is 2.41. The normalized spacial score (nSPS) is 30.9. The lowest BCUT2D eigenvalue weighted by atomic mass is 9.95. The number of nitrogens with one attached hydrogen (secondary N) is 1. The second-order valence-corrected chi connectivity index (χ2v) is 10.1. The summed E-state index contributed by atoms with van der Waals surface area (Å²) in [6, 6.07) is 0. The highest BCUT2D eigenvalue weighted by Gasteiger charge is 2.57. The van der Waals surface area contributed by atoms with E-state index in [1.165, 1.54) is 0 Å². The molecule has 1 aromatic heterocycles. The molecule has 0 saturated carbocycles. The van der Waals surface area contributed by atoms with Crippen LogP contribution in [0, 0.1) is 11.3 Å². The van der Waals surface area contributed by atoms with Crippen molar-refractivity contribution in [3.63, 3.8) is 0 Å². The Kier molecular flexibility index (Phi) is 7.13. The summed E-state index contributed by atoms with van der Waals surface area (Å²) in [5.41, 5.74) is -5.30. The number of aromatic nitrogens is 3. The lowest BCUT2D eigenvalue weighted by Crippen LogP contribution is -2.49. The van der Waals surface area contributed by atoms with Crippen LogP contribution < -0.4 is 11.2 Å². The van der Waals surface area contributed by atoms with E-state index in [0.717, 1.165) is 0 Å². The Hall–Kier alpha value is -1.25. The van der Waals surface area contributed by atoms with Crippen LogP contribution in [0.1, 0.15) is 8.97 Å². The van der Waals surface area contributed by atoms with Gasteiger partial charge < -0.3 is 34.5 Å². The van der Waals surface area contributed by atoms with Crippen molar-refractivity contribution in [2.75, 3.05) is 6.56 Å². The van der Waals surface area contributed by atoms with Crippen LogP contribution in [-0.4, -0.2) is 68.9 Å². The maximum Gasteiger partial charge on any atom is 0.490 e. The summed E-state index contributed by atoms with van der Waals surface area (Å²) < 4.78 is 65.7. The average Bonchev–Trinajstić information content (AvgIpc) is 2.83. The number of ether oxygens (including phenoxy) is 1. The van der Waals surface area contributed by atoms with Gasteiger partial charge in [-0.3, -0.25) is 14.3 Å². The molecule has 32 heavy (non-hydrogen) atoms. The number of aromatic amines is 1. The number of aliphatic hydroxyl groups excluding tert-OH is 1. The highest BCUT2D eigenvalue weighted by molar-refractivity contribution is 7.66. The topological polar surface area (TPSA) is 277 Å². The van der Waals surface area contributed by atoms with Crippen molar-refractivity contribution >= 4 is 35.1 Å². The van der Waals surface area contributed by atoms with Crippen molar-refractivity contribution in [1.29, 1.82) is 0 Å². The Morgan fingerprint density at radius 3 is 2.44 bits per heavy atom. The Morgan fingerprint density at radius 2 is 1.91 bits per heavy atom. The number of nitrogens with zero attached hydrogens (tertiary/aromatic N) is 2. The van der Waals surface area contributed by atoms with E-state index in [9.17, 15) is 38.4 Å². The van der Waals surface area contributed by atoms with Gasteiger partial charge in [-0.05, 0) is 17.5 Å². The molecule has 0 spiro atoms. The molecule has 180 valence electrons. The SMILES string of the molecule is [2H]C([2H])(OP(=O)(O)OP(=O)(O)OP(=O)(O)O)[C@H]1O[C@@H](n2ncc(=O)[nH]c2=O)C(O)(C#CCl)[C@H]1O. The summed E-state index contributed by atoms with van der Waals surface area (Å²) in [4.78, 5) is 60.7. The molecule has 6 atom stereocenters. The van der Waals surface area contributed by atoms with Crippen LogP contribution >= 0.6 is 35.1 Å². The number of hydrogen-bond acceptors (Lipinski definition) is 12. The molecular weight excluding hydrogens is 530 g/mol. The van der Waals surface area contributed by atoms with E-state index in [4.69, 9.17) is 33.8 Å². The van der Waals surface area contributed by atoms with Crippen molar-refractivity contribution in [3.8, 4) is 11.3 Å². The first-order valence-corrected chi connectivity index (χ1v) is 12.3. The molecule has 0 aliphatic carbocycles. The third-order valence-electron chi connectivity index (χ3n) is 3.30. The first kappa shape index (κ1) is 23.9. The van der Waals surface area contributed by atoms with Crippen molar-refractivity contribution in [3.05, 3.63) is 27.0 Å². The summed E-state index contributed by atoms with van der Waals surface area (Å²) in [6.45, 7) is -3.74. The highest BCUT2D eigenvalue weighted by atomic mass is 35.5. The van der Waals surface area contributed by atoms with E-state index >= 15 is 0 Å². The number of halogens is 1. The highest BCUT2D eigenvalue weighted by Crippen LogP contribution is 2.66. The molecule has 2 rings (SSSR count). The van der Waals surface area contributed by atoms with Crippen LogP contribution in [0.4, 0.5) is 0 Å². The summed E-state index contributed by atoms with van der Waals surface area (Å²) in [7, 11) is -17.9. The predicted octanol–water partition coefficient (Wildman–Crippen LogP) is -2.54. The lowest BCUT2D eigenvalue weighted by Gasteiger charge is -2.25. The second kappa shape index (κ2) is 9.55. The number of phosphoric ester groups is 1. The van der Waals surface area contributed by atoms with Gasteiger partial charge in [0.05, 0.1) is 9.30 Å². The zero-order valence-corrected chi connectivity index (χ0v) is 18.2. The third-order valence-corrected chi connectivity index (χ3v) is 7.05. The maximum absolute atomic E-state index is 12.0. The molecule has 1 aromatic rings. The number of hydrogen-bond donors (Lipinski definition) is 7. The minimum Gasteiger partial charge on any atom is -0.386 e. The molecule has 7 N–H and O–H groups in total. The molecule has 1 fully saturated rings. The van der Waals surface area contributed by atoms with Gasteiger partial charge in [0.1, 0.15) is 18.4 Å². The van der Waals surface area contributed by atoms with Crippen LogP contribution in [0.25, 0.3) is 0 Å². The lowest BCUT2D eigenvalue weighted by molar-refractivity contribution is -0.0834. The van der Waals surface area contributed by atoms with Crippen LogP contribution in [0.5, 0.6) is 0 Å². The van der Waals surface area contributed by atoms with E-state index in [2.05, 4.69) is 18.2 Å². The summed E-state index contributed by atoms with van der Waals surface area (Å²) in [5.74, 6) is 1.82. The summed E-state index contributed by atoms with van der Waals surface area (Å²) in [5, 5.41) is 26.1. The number of aliphatic hydroxyl groups is 2. The molecule has 18 nitrogen and oxygen atoms in total. The molecular formula is C10H13ClN3O15P3. The standard InChI is InChI=1S/C10H13ClN3O15P3/c11-2-1-10(18)7(16)5(27-8(10)14-9(17)13-6(15)3-12-14)4-26-31(22,23)29-32(24,25)28-30(19,20)21/h3,5,7-8,16,18H,4H2,(H,22,23)(H,24,25)(H,13,15,17)(H2,19,20,21)/t5-,7+,8-,10?/m1/s1/i4D2. The first-order valence-electron chi connectivity index (χ1n) is 8.44. The van der Waals surface area contributed by atoms with Gasteiger partial charge in [-0.25, -0.2) is 18.5 Å². The maximum atomic E-state index is 12.0. The van der Waals surface area contributed by atoms with E-state index in [0.29, 0.717) is 6.20 Å². The summed E-state index contributed by atoms with van der Waals surface area (Å²) in [6.07, 6.45) is -6.79. The van der Waals surface area contributed by atoms with Gasteiger partial charge in [0.2, 0.25) is 5.60 Å². The number of rotatable bonds is 8. The molecule has 2 heterocycles. The van der Waals surface area contributed by atoms with Crippen molar-refractivity contribution in [2.45, 2.75) is 24.0 Å². The Morgan fingerprint density at radius 1 is 1.28 bits per heavy atom. The van der Waals surface area contributed by atoms with Crippen LogP contribution in [0.3, 0.4) is 0 Å². The molecule has 22 heteroatoms. The zero-order chi connectivity index (χ0) is 26.3. The smallest absolute Gasteiger partial charge is 0.386 e. The monoisotopic (exact) mass is 545 g/mol. The van der Waals surface area contributed by atoms with E-state index in [1.54, 1.807) is 10.4 Å². The molecule has 1 aliphatic rings. The van der Waals surface area contributed by atoms with Gasteiger partial charge in [0, 0.05) is 5.38 Å². The number of phosphoric acid groups is 3. The largest absolute Gasteiger partial charge is 0.490 e. The van der Waals surface area contributed by atoms with Crippen LogP contribution in [0.15, 0.2) is 15.8 Å². The fourth-order valence-electron chi connectivity index (χ4n) is 2.19. The quantitative estimate of drug-likeness (QED) is 0.131. The Labute approximate surface area is 183 Å². The van der Waals surface area contributed by atoms with Gasteiger partial charge in [-0.1, -0.05) is 0 Å². The van der Waals surface area contributed by atoms with E-state index < -0.39 is 65.3 Å². The third kappa shape index (κ3) is 6.64. The number of H-pyrrole nitrogens is 1. The second-order valence-electron chi connectivity index (χ2n) is 5.58. The zero-order valence-electron chi connectivity index (χ0n) is 16.8. The van der Waals surface area contributed by atoms with Crippen molar-refractivity contribution in [2.24, 2.45) is 0 Å². The van der Waals surface area contributed by atoms with Gasteiger partial charge in [-0.15, -0.1) is 0 Å². The van der Waals surface area contributed by atoms with Crippen LogP contribution in [0.2, 0.25) is 0 Å². The molecule has 0 amide bonds. The molecule has 0 radical (unpaired) electrons. The first-order chi connectivity index (χ1) is 15.2. The van der Waals surface area contributed by atoms with E-state index in [-0.39, 0.29) is 4.68 Å². The summed E-state index contributed by atoms with van der Waals surface area (Å²) >= 11 is 5.23. The average molecular weight is 546 g/mol. The molecule has 1 aliphatic heterocycles. The van der Waals surface area contributed by atoms with Crippen molar-refractivity contribution in [1.82, 2.24) is 14.8 Å². The predicted molar refractivity (Wildman–Crippen MR) is 97.4 cm³/mol. The minimum atomic E-state index is -6.09. The molecule has 0 aromatic carbocycles. The van der Waals surface area contributed by atoms with E-state index in [1.807, 2.05) is 5.92 Å². The molecule has 3 unspecified atom stereocenters. The Bertz CT molecular complexity index is 1270.